The Labute approximate surface area is 127 Å². The smallest absolute Gasteiger partial charge is 0.341 e. The highest BCUT2D eigenvalue weighted by atomic mass is 35.5. The molecule has 1 aromatic rings. The van der Waals surface area contributed by atoms with Crippen LogP contribution in [0.15, 0.2) is 12.3 Å². The van der Waals surface area contributed by atoms with Crippen molar-refractivity contribution in [3.8, 4) is 0 Å². The van der Waals surface area contributed by atoms with Crippen LogP contribution < -0.4 is 0 Å². The Balaban J connectivity index is 2.16. The largest absolute Gasteiger partial charge is 0.458 e. The molecule has 1 aromatic heterocycles. The maximum absolute atomic E-state index is 12.2. The SMILES string of the molecule is CCC1CCCCC1OC(=O)c1cc([N+](=O)[O-])cnc1Cl. The molecule has 1 aliphatic carbocycles. The Morgan fingerprint density at radius 2 is 2.24 bits per heavy atom. The monoisotopic (exact) mass is 312 g/mol. The van der Waals surface area contributed by atoms with E-state index in [1.54, 1.807) is 0 Å². The second-order valence-corrected chi connectivity index (χ2v) is 5.54. The van der Waals surface area contributed by atoms with E-state index in [9.17, 15) is 14.9 Å². The Bertz CT molecular complexity index is 550. The minimum Gasteiger partial charge on any atom is -0.458 e. The molecule has 0 saturated heterocycles. The molecule has 21 heavy (non-hydrogen) atoms. The molecule has 114 valence electrons. The zero-order valence-corrected chi connectivity index (χ0v) is 12.5. The molecule has 2 rings (SSSR count). The number of aromatic nitrogens is 1. The van der Waals surface area contributed by atoms with E-state index in [2.05, 4.69) is 11.9 Å². The van der Waals surface area contributed by atoms with Gasteiger partial charge in [-0.2, -0.15) is 0 Å². The van der Waals surface area contributed by atoms with Gasteiger partial charge in [0, 0.05) is 6.07 Å². The van der Waals surface area contributed by atoms with Crippen molar-refractivity contribution in [2.24, 2.45) is 5.92 Å². The molecule has 0 radical (unpaired) electrons. The summed E-state index contributed by atoms with van der Waals surface area (Å²) in [4.78, 5) is 26.0. The first-order valence-corrected chi connectivity index (χ1v) is 7.41. The van der Waals surface area contributed by atoms with Gasteiger partial charge in [-0.25, -0.2) is 9.78 Å². The van der Waals surface area contributed by atoms with Crippen LogP contribution in [0.2, 0.25) is 5.15 Å². The van der Waals surface area contributed by atoms with Crippen molar-refractivity contribution in [1.82, 2.24) is 4.98 Å². The quantitative estimate of drug-likeness (QED) is 0.366. The van der Waals surface area contributed by atoms with Gasteiger partial charge >= 0.3 is 5.97 Å². The zero-order valence-electron chi connectivity index (χ0n) is 11.8. The lowest BCUT2D eigenvalue weighted by Crippen LogP contribution is -2.29. The van der Waals surface area contributed by atoms with Crippen molar-refractivity contribution in [1.29, 1.82) is 0 Å². The number of pyridine rings is 1. The van der Waals surface area contributed by atoms with E-state index in [4.69, 9.17) is 16.3 Å². The van der Waals surface area contributed by atoms with E-state index in [0.29, 0.717) is 5.92 Å². The van der Waals surface area contributed by atoms with Gasteiger partial charge < -0.3 is 4.74 Å². The van der Waals surface area contributed by atoms with Crippen LogP contribution in [0.3, 0.4) is 0 Å². The molecule has 7 heteroatoms. The van der Waals surface area contributed by atoms with Gasteiger partial charge in [-0.1, -0.05) is 24.9 Å². The predicted molar refractivity (Wildman–Crippen MR) is 77.4 cm³/mol. The lowest BCUT2D eigenvalue weighted by atomic mass is 9.85. The summed E-state index contributed by atoms with van der Waals surface area (Å²) in [6.07, 6.45) is 5.85. The van der Waals surface area contributed by atoms with E-state index in [0.717, 1.165) is 44.4 Å². The average molecular weight is 313 g/mol. The number of ether oxygens (including phenoxy) is 1. The first-order chi connectivity index (χ1) is 10.0. The molecule has 2 atom stereocenters. The topological polar surface area (TPSA) is 82.3 Å². The van der Waals surface area contributed by atoms with E-state index < -0.39 is 10.9 Å². The second kappa shape index (κ2) is 6.85. The van der Waals surface area contributed by atoms with Crippen molar-refractivity contribution >= 4 is 23.3 Å². The molecule has 2 unspecified atom stereocenters. The molecule has 1 heterocycles. The van der Waals surface area contributed by atoms with E-state index in [1.807, 2.05) is 0 Å². The highest BCUT2D eigenvalue weighted by Crippen LogP contribution is 2.30. The van der Waals surface area contributed by atoms with Crippen LogP contribution in [0.5, 0.6) is 0 Å². The number of nitro groups is 1. The van der Waals surface area contributed by atoms with Gasteiger partial charge in [0.1, 0.15) is 23.0 Å². The van der Waals surface area contributed by atoms with Crippen molar-refractivity contribution in [3.63, 3.8) is 0 Å². The van der Waals surface area contributed by atoms with Crippen LogP contribution in [-0.2, 0) is 4.74 Å². The summed E-state index contributed by atoms with van der Waals surface area (Å²) < 4.78 is 5.51. The molecule has 0 aromatic carbocycles. The lowest BCUT2D eigenvalue weighted by Gasteiger charge is -2.30. The summed E-state index contributed by atoms with van der Waals surface area (Å²) in [5.74, 6) is -0.297. The Morgan fingerprint density at radius 1 is 1.52 bits per heavy atom. The molecule has 1 fully saturated rings. The number of nitrogens with zero attached hydrogens (tertiary/aromatic N) is 2. The van der Waals surface area contributed by atoms with Crippen molar-refractivity contribution < 1.29 is 14.5 Å². The highest BCUT2D eigenvalue weighted by Gasteiger charge is 2.28. The number of esters is 1. The zero-order chi connectivity index (χ0) is 15.4. The van der Waals surface area contributed by atoms with Gasteiger partial charge in [0.25, 0.3) is 5.69 Å². The molecular formula is C14H17ClN2O4. The van der Waals surface area contributed by atoms with Gasteiger partial charge in [-0.3, -0.25) is 10.1 Å². The third-order valence-corrected chi connectivity index (χ3v) is 4.18. The number of hydrogen-bond donors (Lipinski definition) is 0. The van der Waals surface area contributed by atoms with Gasteiger partial charge in [0.05, 0.1) is 4.92 Å². The normalized spacial score (nSPS) is 21.8. The Morgan fingerprint density at radius 3 is 2.90 bits per heavy atom. The fraction of sp³-hybridized carbons (Fsp3) is 0.571. The third-order valence-electron chi connectivity index (χ3n) is 3.88. The standard InChI is InChI=1S/C14H17ClN2O4/c1-2-9-5-3-4-6-12(9)21-14(18)11-7-10(17(19)20)8-16-13(11)15/h7-9,12H,2-6H2,1H3. The number of hydrogen-bond acceptors (Lipinski definition) is 5. The second-order valence-electron chi connectivity index (χ2n) is 5.19. The van der Waals surface area contributed by atoms with Crippen LogP contribution in [-0.4, -0.2) is 22.0 Å². The Hall–Kier alpha value is -1.69. The fourth-order valence-corrected chi connectivity index (χ4v) is 2.86. The molecule has 0 bridgehead atoms. The van der Waals surface area contributed by atoms with Gasteiger partial charge in [-0.15, -0.1) is 0 Å². The summed E-state index contributed by atoms with van der Waals surface area (Å²) >= 11 is 5.85. The molecule has 0 aliphatic heterocycles. The summed E-state index contributed by atoms with van der Waals surface area (Å²) in [7, 11) is 0. The number of rotatable bonds is 4. The van der Waals surface area contributed by atoms with E-state index in [1.165, 1.54) is 0 Å². The van der Waals surface area contributed by atoms with Crippen LogP contribution in [0.4, 0.5) is 5.69 Å². The molecule has 1 aliphatic rings. The van der Waals surface area contributed by atoms with Crippen molar-refractivity contribution in [3.05, 3.63) is 33.1 Å². The first kappa shape index (κ1) is 15.7. The van der Waals surface area contributed by atoms with Crippen LogP contribution in [0, 0.1) is 16.0 Å². The molecular weight excluding hydrogens is 296 g/mol. The predicted octanol–water partition coefficient (Wildman–Crippen LogP) is 3.77. The minimum absolute atomic E-state index is 0.0497. The Kier molecular flexibility index (Phi) is 5.12. The summed E-state index contributed by atoms with van der Waals surface area (Å²) in [6.45, 7) is 2.07. The van der Waals surface area contributed by atoms with Crippen molar-refractivity contribution in [2.45, 2.75) is 45.1 Å². The number of carbonyl (C=O) groups is 1. The molecule has 0 amide bonds. The highest BCUT2D eigenvalue weighted by molar-refractivity contribution is 6.32. The van der Waals surface area contributed by atoms with Gasteiger partial charge in [0.15, 0.2) is 0 Å². The summed E-state index contributed by atoms with van der Waals surface area (Å²) in [5, 5.41) is 10.7. The van der Waals surface area contributed by atoms with Crippen LogP contribution in [0.25, 0.3) is 0 Å². The van der Waals surface area contributed by atoms with Gasteiger partial charge in [0.2, 0.25) is 0 Å². The molecule has 0 spiro atoms. The van der Waals surface area contributed by atoms with Crippen LogP contribution in [0.1, 0.15) is 49.4 Å². The third kappa shape index (κ3) is 3.69. The van der Waals surface area contributed by atoms with E-state index in [-0.39, 0.29) is 22.5 Å². The number of carbonyl (C=O) groups excluding carboxylic acids is 1. The molecule has 6 nitrogen and oxygen atoms in total. The van der Waals surface area contributed by atoms with Gasteiger partial charge in [-0.05, 0) is 31.6 Å². The molecule has 0 N–H and O–H groups in total. The summed E-state index contributed by atoms with van der Waals surface area (Å²) in [5.41, 5.74) is -0.326. The van der Waals surface area contributed by atoms with Crippen molar-refractivity contribution in [2.75, 3.05) is 0 Å². The lowest BCUT2D eigenvalue weighted by molar-refractivity contribution is -0.385. The minimum atomic E-state index is -0.637. The van der Waals surface area contributed by atoms with Crippen LogP contribution >= 0.6 is 11.6 Å². The molecule has 1 saturated carbocycles. The number of halogens is 1. The van der Waals surface area contributed by atoms with E-state index >= 15 is 0 Å². The maximum Gasteiger partial charge on any atom is 0.341 e. The average Bonchev–Trinajstić information content (AvgIpc) is 2.47. The summed E-state index contributed by atoms with van der Waals surface area (Å²) in [6, 6.07) is 1.11. The fourth-order valence-electron chi connectivity index (χ4n) is 2.68. The first-order valence-electron chi connectivity index (χ1n) is 7.03. The maximum atomic E-state index is 12.2.